The van der Waals surface area contributed by atoms with E-state index >= 15 is 0 Å². The molecule has 0 bridgehead atoms. The van der Waals surface area contributed by atoms with Gasteiger partial charge in [0.15, 0.2) is 0 Å². The van der Waals surface area contributed by atoms with Crippen molar-refractivity contribution >= 4 is 23.8 Å². The van der Waals surface area contributed by atoms with Crippen LogP contribution in [0.2, 0.25) is 0 Å². The van der Waals surface area contributed by atoms with E-state index in [2.05, 4.69) is 0 Å². The van der Waals surface area contributed by atoms with Gasteiger partial charge in [-0.05, 0) is 30.7 Å². The van der Waals surface area contributed by atoms with E-state index in [1.807, 2.05) is 30.3 Å². The first-order chi connectivity index (χ1) is 14.4. The molecule has 0 radical (unpaired) electrons. The highest BCUT2D eigenvalue weighted by Crippen LogP contribution is 2.23. The van der Waals surface area contributed by atoms with Gasteiger partial charge in [-0.25, -0.2) is 9.69 Å². The van der Waals surface area contributed by atoms with Crippen molar-refractivity contribution in [3.63, 3.8) is 0 Å². The Morgan fingerprint density at radius 2 is 1.65 bits per heavy atom. The van der Waals surface area contributed by atoms with Crippen LogP contribution in [0.4, 0.5) is 0 Å². The van der Waals surface area contributed by atoms with Crippen molar-refractivity contribution in [1.29, 1.82) is 0 Å². The van der Waals surface area contributed by atoms with Crippen LogP contribution in [0.25, 0.3) is 0 Å². The summed E-state index contributed by atoms with van der Waals surface area (Å²) in [7, 11) is 0. The van der Waals surface area contributed by atoms with Crippen LogP contribution in [0, 0.1) is 5.92 Å². The van der Waals surface area contributed by atoms with Crippen LogP contribution in [0.1, 0.15) is 45.1 Å². The lowest BCUT2D eigenvalue weighted by atomic mass is 9.95. The molecule has 31 heavy (non-hydrogen) atoms. The molecule has 3 atom stereocenters. The van der Waals surface area contributed by atoms with Crippen molar-refractivity contribution in [2.75, 3.05) is 0 Å². The number of hydrogen-bond donors (Lipinski definition) is 5. The lowest BCUT2D eigenvalue weighted by Gasteiger charge is -2.39. The fourth-order valence-electron chi connectivity index (χ4n) is 3.21. The highest BCUT2D eigenvalue weighted by atomic mass is 16.4. The van der Waals surface area contributed by atoms with Crippen LogP contribution in [-0.4, -0.2) is 61.8 Å². The van der Waals surface area contributed by atoms with Gasteiger partial charge in [-0.2, -0.15) is 0 Å². The van der Waals surface area contributed by atoms with Gasteiger partial charge in [-0.1, -0.05) is 44.2 Å². The Morgan fingerprint density at radius 3 is 2.13 bits per heavy atom. The number of hydrogen-bond acceptors (Lipinski definition) is 7. The van der Waals surface area contributed by atoms with Crippen LogP contribution in [0.5, 0.6) is 0 Å². The highest BCUT2D eigenvalue weighted by molar-refractivity contribution is 6.02. The van der Waals surface area contributed by atoms with E-state index in [-0.39, 0.29) is 30.1 Å². The molecule has 1 unspecified atom stereocenters. The topological polar surface area (TPSA) is 184 Å². The van der Waals surface area contributed by atoms with Crippen molar-refractivity contribution < 1.29 is 34.5 Å². The lowest BCUT2D eigenvalue weighted by molar-refractivity contribution is -0.198. The zero-order valence-corrected chi connectivity index (χ0v) is 17.7. The van der Waals surface area contributed by atoms with Crippen molar-refractivity contribution in [2.45, 2.75) is 63.8 Å². The minimum absolute atomic E-state index is 0.0559. The van der Waals surface area contributed by atoms with E-state index < -0.39 is 48.0 Å². The zero-order chi connectivity index (χ0) is 23.8. The van der Waals surface area contributed by atoms with Crippen LogP contribution in [0.15, 0.2) is 30.3 Å². The second kappa shape index (κ2) is 11.5. The van der Waals surface area contributed by atoms with Gasteiger partial charge >= 0.3 is 11.9 Å². The molecule has 7 N–H and O–H groups in total. The first-order valence-electron chi connectivity index (χ1n) is 10.0. The summed E-state index contributed by atoms with van der Waals surface area (Å²) in [5.41, 5.74) is 9.20. The van der Waals surface area contributed by atoms with Crippen molar-refractivity contribution in [3.05, 3.63) is 35.9 Å². The standard InChI is InChI=1S/C21H31N3O7/c1-13(2)11-15(22)19(28)24(21(31,20(29)30)16(23)12-18(26)27)17(25)10-6-9-14-7-4-3-5-8-14/h3-5,7-8,13,15-16,31H,6,9-12,22-23H2,1-2H3,(H,26,27)(H,29,30)/t15?,16-,21+/m1/s1. The summed E-state index contributed by atoms with van der Waals surface area (Å²) >= 11 is 0. The summed E-state index contributed by atoms with van der Waals surface area (Å²) in [6, 6.07) is 5.95. The molecule has 10 heteroatoms. The molecular formula is C21H31N3O7. The number of amides is 2. The summed E-state index contributed by atoms with van der Waals surface area (Å²) in [6.45, 7) is 3.55. The largest absolute Gasteiger partial charge is 0.481 e. The molecule has 0 saturated heterocycles. The quantitative estimate of drug-likeness (QED) is 0.287. The summed E-state index contributed by atoms with van der Waals surface area (Å²) < 4.78 is 0. The number of benzene rings is 1. The molecule has 1 aromatic carbocycles. The predicted molar refractivity (Wildman–Crippen MR) is 111 cm³/mol. The maximum absolute atomic E-state index is 12.9. The van der Waals surface area contributed by atoms with E-state index in [0.29, 0.717) is 6.42 Å². The highest BCUT2D eigenvalue weighted by Gasteiger charge is 2.54. The number of rotatable bonds is 12. The molecular weight excluding hydrogens is 406 g/mol. The second-order valence-electron chi connectivity index (χ2n) is 7.88. The zero-order valence-electron chi connectivity index (χ0n) is 17.7. The lowest BCUT2D eigenvalue weighted by Crippen LogP contribution is -2.70. The Morgan fingerprint density at radius 1 is 1.06 bits per heavy atom. The van der Waals surface area contributed by atoms with E-state index in [1.54, 1.807) is 13.8 Å². The third kappa shape index (κ3) is 7.12. The molecule has 0 aliphatic rings. The van der Waals surface area contributed by atoms with Gasteiger partial charge in [0.1, 0.15) is 0 Å². The molecule has 0 aliphatic carbocycles. The summed E-state index contributed by atoms with van der Waals surface area (Å²) in [5.74, 6) is -5.68. The van der Waals surface area contributed by atoms with Gasteiger partial charge in [0.25, 0.3) is 5.72 Å². The van der Waals surface area contributed by atoms with Crippen molar-refractivity contribution in [2.24, 2.45) is 17.4 Å². The Labute approximate surface area is 180 Å². The molecule has 1 aromatic rings. The minimum atomic E-state index is -3.26. The SMILES string of the molecule is CC(C)CC(N)C(=O)N(C(=O)CCCc1ccccc1)[C@@](O)(C(=O)O)[C@H](N)CC(=O)O. The van der Waals surface area contributed by atoms with Gasteiger partial charge in [0.2, 0.25) is 11.8 Å². The van der Waals surface area contributed by atoms with Crippen LogP contribution in [-0.2, 0) is 25.6 Å². The minimum Gasteiger partial charge on any atom is -0.481 e. The van der Waals surface area contributed by atoms with E-state index in [1.165, 1.54) is 0 Å². The number of aliphatic hydroxyl groups is 1. The first kappa shape index (κ1) is 26.2. The summed E-state index contributed by atoms with van der Waals surface area (Å²) in [5, 5.41) is 29.5. The van der Waals surface area contributed by atoms with Crippen molar-refractivity contribution in [1.82, 2.24) is 4.90 Å². The fourth-order valence-corrected chi connectivity index (χ4v) is 3.21. The van der Waals surface area contributed by atoms with Gasteiger partial charge < -0.3 is 26.8 Å². The number of carbonyl (C=O) groups is 4. The third-order valence-corrected chi connectivity index (χ3v) is 4.78. The molecule has 172 valence electrons. The van der Waals surface area contributed by atoms with E-state index in [9.17, 15) is 29.4 Å². The molecule has 0 heterocycles. The monoisotopic (exact) mass is 437 g/mol. The Bertz CT molecular complexity index is 784. The molecule has 0 aromatic heterocycles. The van der Waals surface area contributed by atoms with Crippen LogP contribution in [0.3, 0.4) is 0 Å². The number of aliphatic carboxylic acids is 2. The number of carboxylic acid groups (broad SMARTS) is 2. The van der Waals surface area contributed by atoms with Gasteiger partial charge in [0, 0.05) is 6.42 Å². The molecule has 0 fully saturated rings. The molecule has 0 spiro atoms. The molecule has 1 rings (SSSR count). The average Bonchev–Trinajstić information content (AvgIpc) is 2.67. The van der Waals surface area contributed by atoms with Crippen LogP contribution < -0.4 is 11.5 Å². The number of carbonyl (C=O) groups excluding carboxylic acids is 2. The molecule has 10 nitrogen and oxygen atoms in total. The van der Waals surface area contributed by atoms with Gasteiger partial charge in [-0.15, -0.1) is 0 Å². The Hall–Kier alpha value is -2.82. The number of imide groups is 1. The third-order valence-electron chi connectivity index (χ3n) is 4.78. The number of nitrogens with two attached hydrogens (primary N) is 2. The second-order valence-corrected chi connectivity index (χ2v) is 7.88. The predicted octanol–water partition coefficient (Wildman–Crippen LogP) is 0.313. The normalized spacial score (nSPS) is 15.0. The number of aryl methyl sites for hydroxylation is 1. The molecule has 0 aliphatic heterocycles. The molecule has 2 amide bonds. The number of nitrogens with zero attached hydrogens (tertiary/aromatic N) is 1. The maximum atomic E-state index is 12.9. The van der Waals surface area contributed by atoms with E-state index in [4.69, 9.17) is 16.6 Å². The first-order valence-corrected chi connectivity index (χ1v) is 10.0. The summed E-state index contributed by atoms with van der Waals surface area (Å²) in [6.07, 6.45) is -0.403. The Balaban J connectivity index is 3.21. The van der Waals surface area contributed by atoms with E-state index in [0.717, 1.165) is 5.56 Å². The van der Waals surface area contributed by atoms with Gasteiger partial charge in [0.05, 0.1) is 18.5 Å². The summed E-state index contributed by atoms with van der Waals surface area (Å²) in [4.78, 5) is 49.0. The maximum Gasteiger partial charge on any atom is 0.359 e. The molecule has 0 saturated carbocycles. The smallest absolute Gasteiger partial charge is 0.359 e. The Kier molecular flexibility index (Phi) is 9.76. The van der Waals surface area contributed by atoms with Crippen LogP contribution >= 0.6 is 0 Å². The number of carboxylic acids is 2. The van der Waals surface area contributed by atoms with Gasteiger partial charge in [-0.3, -0.25) is 14.4 Å². The average molecular weight is 437 g/mol. The van der Waals surface area contributed by atoms with Crippen molar-refractivity contribution in [3.8, 4) is 0 Å². The fraction of sp³-hybridized carbons (Fsp3) is 0.524.